The number of nitrogens with two attached hydrogens (primary N) is 1. The molecule has 0 aromatic carbocycles. The Balaban J connectivity index is 0.00000169. The van der Waals surface area contributed by atoms with Crippen molar-refractivity contribution >= 4 is 5.97 Å². The minimum atomic E-state index is -0.812. The summed E-state index contributed by atoms with van der Waals surface area (Å²) in [4.78, 5) is 11.6. The zero-order valence-electron chi connectivity index (χ0n) is 8.52. The van der Waals surface area contributed by atoms with E-state index in [4.69, 9.17) is 10.5 Å². The first kappa shape index (κ1) is 13.4. The Hall–Kier alpha value is -0.610. The van der Waals surface area contributed by atoms with Gasteiger partial charge >= 0.3 is 5.97 Å². The monoisotopic (exact) mass is 202 g/mol. The van der Waals surface area contributed by atoms with Crippen LogP contribution in [-0.4, -0.2) is 30.2 Å². The van der Waals surface area contributed by atoms with Gasteiger partial charge in [-0.15, -0.1) is 0 Å². The maximum Gasteiger partial charge on any atom is 0.328 e. The Labute approximate surface area is 86.2 Å². The largest absolute Gasteiger partial charge is 0.459 e. The number of carbonyl (C=O) groups is 1. The SMILES string of the molecule is C.CC(C)(C)OC(=O)C1(N)CCNC1. The Bertz CT molecular complexity index is 203. The van der Waals surface area contributed by atoms with E-state index in [1.54, 1.807) is 0 Å². The number of carbonyl (C=O) groups excluding carboxylic acids is 1. The second kappa shape index (κ2) is 4.28. The van der Waals surface area contributed by atoms with Crippen molar-refractivity contribution in [1.29, 1.82) is 0 Å². The topological polar surface area (TPSA) is 64.3 Å². The van der Waals surface area contributed by atoms with E-state index in [1.807, 2.05) is 20.8 Å². The average molecular weight is 202 g/mol. The second-order valence-electron chi connectivity index (χ2n) is 4.58. The zero-order valence-corrected chi connectivity index (χ0v) is 8.52. The molecule has 1 rings (SSSR count). The van der Waals surface area contributed by atoms with Crippen LogP contribution in [0.5, 0.6) is 0 Å². The number of esters is 1. The van der Waals surface area contributed by atoms with Crippen LogP contribution in [0.4, 0.5) is 0 Å². The summed E-state index contributed by atoms with van der Waals surface area (Å²) in [6, 6.07) is 0. The Morgan fingerprint density at radius 1 is 1.50 bits per heavy atom. The first-order valence-electron chi connectivity index (χ1n) is 4.57. The summed E-state index contributed by atoms with van der Waals surface area (Å²) >= 11 is 0. The van der Waals surface area contributed by atoms with Crippen molar-refractivity contribution in [2.24, 2.45) is 5.73 Å². The van der Waals surface area contributed by atoms with Gasteiger partial charge in [0.2, 0.25) is 0 Å². The first-order chi connectivity index (χ1) is 5.83. The molecule has 84 valence electrons. The van der Waals surface area contributed by atoms with Gasteiger partial charge in [-0.2, -0.15) is 0 Å². The lowest BCUT2D eigenvalue weighted by molar-refractivity contribution is -0.160. The summed E-state index contributed by atoms with van der Waals surface area (Å²) in [6.45, 7) is 6.83. The van der Waals surface area contributed by atoms with Crippen LogP contribution >= 0.6 is 0 Å². The highest BCUT2D eigenvalue weighted by Gasteiger charge is 2.40. The van der Waals surface area contributed by atoms with E-state index in [0.29, 0.717) is 13.0 Å². The fourth-order valence-corrected chi connectivity index (χ4v) is 1.27. The van der Waals surface area contributed by atoms with Crippen molar-refractivity contribution in [3.63, 3.8) is 0 Å². The molecule has 0 aliphatic carbocycles. The average Bonchev–Trinajstić information content (AvgIpc) is 2.33. The van der Waals surface area contributed by atoms with E-state index >= 15 is 0 Å². The molecule has 0 aromatic rings. The van der Waals surface area contributed by atoms with Gasteiger partial charge in [-0.1, -0.05) is 7.43 Å². The third-order valence-corrected chi connectivity index (χ3v) is 1.99. The van der Waals surface area contributed by atoms with Crippen LogP contribution in [0.3, 0.4) is 0 Å². The first-order valence-corrected chi connectivity index (χ1v) is 4.57. The van der Waals surface area contributed by atoms with E-state index < -0.39 is 11.1 Å². The van der Waals surface area contributed by atoms with Crippen molar-refractivity contribution in [3.05, 3.63) is 0 Å². The molecule has 1 atom stereocenters. The quantitative estimate of drug-likeness (QED) is 0.613. The zero-order chi connectivity index (χ0) is 10.1. The van der Waals surface area contributed by atoms with Gasteiger partial charge in [-0.3, -0.25) is 0 Å². The van der Waals surface area contributed by atoms with Gasteiger partial charge in [-0.25, -0.2) is 4.79 Å². The van der Waals surface area contributed by atoms with E-state index in [0.717, 1.165) is 6.54 Å². The minimum absolute atomic E-state index is 0. The maximum atomic E-state index is 11.6. The smallest absolute Gasteiger partial charge is 0.328 e. The van der Waals surface area contributed by atoms with Crippen molar-refractivity contribution in [2.45, 2.75) is 45.8 Å². The Morgan fingerprint density at radius 2 is 2.07 bits per heavy atom. The fraction of sp³-hybridized carbons (Fsp3) is 0.900. The van der Waals surface area contributed by atoms with Gasteiger partial charge in [-0.05, 0) is 33.7 Å². The van der Waals surface area contributed by atoms with E-state index in [2.05, 4.69) is 5.32 Å². The predicted molar refractivity (Wildman–Crippen MR) is 57.0 cm³/mol. The fourth-order valence-electron chi connectivity index (χ4n) is 1.27. The summed E-state index contributed by atoms with van der Waals surface area (Å²) in [6.07, 6.45) is 0.655. The van der Waals surface area contributed by atoms with Crippen LogP contribution < -0.4 is 11.1 Å². The van der Waals surface area contributed by atoms with Gasteiger partial charge < -0.3 is 15.8 Å². The molecule has 1 heterocycles. The lowest BCUT2D eigenvalue weighted by atomic mass is 10.0. The molecule has 0 radical (unpaired) electrons. The molecule has 1 unspecified atom stereocenters. The summed E-state index contributed by atoms with van der Waals surface area (Å²) < 4.78 is 5.22. The third kappa shape index (κ3) is 3.27. The van der Waals surface area contributed by atoms with E-state index in [-0.39, 0.29) is 13.4 Å². The van der Waals surface area contributed by atoms with Crippen LogP contribution in [0.15, 0.2) is 0 Å². The second-order valence-corrected chi connectivity index (χ2v) is 4.58. The molecule has 1 saturated heterocycles. The molecule has 0 saturated carbocycles. The molecule has 0 aromatic heterocycles. The summed E-state index contributed by atoms with van der Waals surface area (Å²) in [5.74, 6) is -0.301. The third-order valence-electron chi connectivity index (χ3n) is 1.99. The highest BCUT2D eigenvalue weighted by atomic mass is 16.6. The van der Waals surface area contributed by atoms with Gasteiger partial charge in [0.25, 0.3) is 0 Å². The van der Waals surface area contributed by atoms with E-state index in [9.17, 15) is 4.79 Å². The molecule has 3 N–H and O–H groups in total. The molecule has 0 amide bonds. The van der Waals surface area contributed by atoms with Crippen LogP contribution in [0.1, 0.15) is 34.6 Å². The van der Waals surface area contributed by atoms with Crippen LogP contribution in [-0.2, 0) is 9.53 Å². The normalized spacial score (nSPS) is 26.9. The predicted octanol–water partition coefficient (Wildman–Crippen LogP) is 0.655. The van der Waals surface area contributed by atoms with Crippen molar-refractivity contribution < 1.29 is 9.53 Å². The molecule has 4 nitrogen and oxygen atoms in total. The standard InChI is InChI=1S/C9H18N2O2.CH4/c1-8(2,3)13-7(12)9(10)4-5-11-6-9;/h11H,4-6,10H2,1-3H3;1H4. The number of nitrogens with one attached hydrogen (secondary N) is 1. The number of rotatable bonds is 1. The summed E-state index contributed by atoms with van der Waals surface area (Å²) in [5, 5.41) is 3.05. The maximum absolute atomic E-state index is 11.6. The molecule has 0 bridgehead atoms. The molecule has 1 aliphatic heterocycles. The van der Waals surface area contributed by atoms with Crippen LogP contribution in [0, 0.1) is 0 Å². The minimum Gasteiger partial charge on any atom is -0.459 e. The van der Waals surface area contributed by atoms with Crippen molar-refractivity contribution in [1.82, 2.24) is 5.32 Å². The van der Waals surface area contributed by atoms with Crippen LogP contribution in [0.2, 0.25) is 0 Å². The molecular weight excluding hydrogens is 180 g/mol. The summed E-state index contributed by atoms with van der Waals surface area (Å²) in [5.41, 5.74) is 4.61. The van der Waals surface area contributed by atoms with Crippen molar-refractivity contribution in [2.75, 3.05) is 13.1 Å². The van der Waals surface area contributed by atoms with Gasteiger partial charge in [0.05, 0.1) is 0 Å². The van der Waals surface area contributed by atoms with Crippen molar-refractivity contribution in [3.8, 4) is 0 Å². The Morgan fingerprint density at radius 3 is 2.43 bits per heavy atom. The Kier molecular flexibility index (Phi) is 4.09. The molecule has 1 fully saturated rings. The highest BCUT2D eigenvalue weighted by molar-refractivity contribution is 5.81. The molecular formula is C10H22N2O2. The summed E-state index contributed by atoms with van der Waals surface area (Å²) in [7, 11) is 0. The van der Waals surface area contributed by atoms with E-state index in [1.165, 1.54) is 0 Å². The lowest BCUT2D eigenvalue weighted by Crippen LogP contribution is -2.52. The lowest BCUT2D eigenvalue weighted by Gasteiger charge is -2.27. The number of hydrogen-bond acceptors (Lipinski definition) is 4. The van der Waals surface area contributed by atoms with Gasteiger partial charge in [0.1, 0.15) is 11.1 Å². The molecule has 4 heteroatoms. The van der Waals surface area contributed by atoms with Gasteiger partial charge in [0, 0.05) is 6.54 Å². The van der Waals surface area contributed by atoms with Crippen LogP contribution in [0.25, 0.3) is 0 Å². The number of ether oxygens (including phenoxy) is 1. The molecule has 0 spiro atoms. The molecule has 14 heavy (non-hydrogen) atoms. The highest BCUT2D eigenvalue weighted by Crippen LogP contribution is 2.17. The van der Waals surface area contributed by atoms with Gasteiger partial charge in [0.15, 0.2) is 0 Å². The molecule has 1 aliphatic rings. The number of hydrogen-bond donors (Lipinski definition) is 2.